The third-order valence-electron chi connectivity index (χ3n) is 7.87. The van der Waals surface area contributed by atoms with Gasteiger partial charge >= 0.3 is 6.09 Å². The number of nitro benzene ring substituents is 1. The third kappa shape index (κ3) is 6.58. The zero-order valence-electron chi connectivity index (χ0n) is 25.1. The Labute approximate surface area is 250 Å². The molecule has 2 aromatic carbocycles. The molecule has 2 aliphatic heterocycles. The molecule has 0 atom stereocenters. The zero-order chi connectivity index (χ0) is 30.7. The monoisotopic (exact) mass is 590 g/mol. The number of carbonyl (C=O) groups is 2. The van der Waals surface area contributed by atoms with E-state index in [1.165, 1.54) is 12.1 Å². The van der Waals surface area contributed by atoms with E-state index in [0.717, 1.165) is 17.1 Å². The molecule has 1 aromatic heterocycles. The Kier molecular flexibility index (Phi) is 8.56. The van der Waals surface area contributed by atoms with E-state index >= 15 is 0 Å². The molecule has 3 heterocycles. The van der Waals surface area contributed by atoms with Crippen molar-refractivity contribution in [1.82, 2.24) is 19.6 Å². The number of piperidine rings is 1. The van der Waals surface area contributed by atoms with E-state index in [0.29, 0.717) is 63.4 Å². The Morgan fingerprint density at radius 1 is 0.930 bits per heavy atom. The van der Waals surface area contributed by atoms with E-state index in [9.17, 15) is 19.7 Å². The molecule has 2 aliphatic rings. The van der Waals surface area contributed by atoms with Gasteiger partial charge in [-0.1, -0.05) is 12.1 Å². The summed E-state index contributed by atoms with van der Waals surface area (Å²) in [5.74, 6) is 0.647. The number of para-hydroxylation sites is 2. The topological polar surface area (TPSA) is 123 Å². The molecular weight excluding hydrogens is 552 g/mol. The van der Waals surface area contributed by atoms with Gasteiger partial charge in [-0.3, -0.25) is 14.9 Å². The third-order valence-corrected chi connectivity index (χ3v) is 7.87. The van der Waals surface area contributed by atoms with Crippen molar-refractivity contribution in [1.29, 1.82) is 0 Å². The van der Waals surface area contributed by atoms with E-state index < -0.39 is 10.5 Å². The molecule has 0 saturated carbocycles. The summed E-state index contributed by atoms with van der Waals surface area (Å²) in [7, 11) is 1.65. The minimum atomic E-state index is -0.586. The van der Waals surface area contributed by atoms with E-state index in [2.05, 4.69) is 10.00 Å². The maximum Gasteiger partial charge on any atom is 0.410 e. The lowest BCUT2D eigenvalue weighted by Crippen LogP contribution is -2.49. The molecule has 2 amide bonds. The minimum Gasteiger partial charge on any atom is -0.495 e. The van der Waals surface area contributed by atoms with E-state index in [-0.39, 0.29) is 23.6 Å². The van der Waals surface area contributed by atoms with Crippen molar-refractivity contribution < 1.29 is 24.0 Å². The number of aromatic nitrogens is 2. The van der Waals surface area contributed by atoms with Crippen molar-refractivity contribution in [2.45, 2.75) is 45.1 Å². The summed E-state index contributed by atoms with van der Waals surface area (Å²) < 4.78 is 12.8. The van der Waals surface area contributed by atoms with Crippen LogP contribution >= 0.6 is 0 Å². The molecular formula is C31H38N6O6. The Morgan fingerprint density at radius 3 is 2.19 bits per heavy atom. The Balaban J connectivity index is 1.38. The largest absolute Gasteiger partial charge is 0.495 e. The van der Waals surface area contributed by atoms with Crippen LogP contribution in [0.1, 0.15) is 55.6 Å². The summed E-state index contributed by atoms with van der Waals surface area (Å²) in [5.41, 5.74) is 2.30. The molecule has 228 valence electrons. The van der Waals surface area contributed by atoms with E-state index in [1.807, 2.05) is 49.9 Å². The van der Waals surface area contributed by atoms with Gasteiger partial charge in [0.25, 0.3) is 11.6 Å². The van der Waals surface area contributed by atoms with Gasteiger partial charge in [0, 0.05) is 57.3 Å². The molecule has 3 aromatic rings. The number of hydrogen-bond donors (Lipinski definition) is 0. The highest BCUT2D eigenvalue weighted by molar-refractivity contribution is 5.95. The molecule has 0 unspecified atom stereocenters. The lowest BCUT2D eigenvalue weighted by atomic mass is 9.90. The highest BCUT2D eigenvalue weighted by Crippen LogP contribution is 2.34. The molecule has 12 heteroatoms. The van der Waals surface area contributed by atoms with Crippen LogP contribution in [0.2, 0.25) is 0 Å². The number of nitro groups is 1. The molecule has 0 N–H and O–H groups in total. The fourth-order valence-corrected chi connectivity index (χ4v) is 5.71. The van der Waals surface area contributed by atoms with Crippen molar-refractivity contribution in [2.24, 2.45) is 0 Å². The van der Waals surface area contributed by atoms with E-state index in [1.54, 1.807) is 35.0 Å². The standard InChI is InChI=1S/C31H38N6O6/c1-31(2,3)43-30(39)35-15-13-22(14-16-35)28-25(21-32-36(28)23-9-11-24(12-10-23)37(40)41)29(38)34-19-17-33(18-20-34)26-7-5-6-8-27(26)42-4/h5-12,21-22H,13-20H2,1-4H3. The van der Waals surface area contributed by atoms with E-state index in [4.69, 9.17) is 9.47 Å². The first-order chi connectivity index (χ1) is 20.6. The number of non-ortho nitro benzene ring substituents is 1. The first-order valence-electron chi connectivity index (χ1n) is 14.5. The number of benzene rings is 2. The summed E-state index contributed by atoms with van der Waals surface area (Å²) in [5, 5.41) is 15.8. The molecule has 5 rings (SSSR count). The first kappa shape index (κ1) is 29.9. The van der Waals surface area contributed by atoms with Crippen LogP contribution in [0.5, 0.6) is 5.75 Å². The van der Waals surface area contributed by atoms with Crippen molar-refractivity contribution in [3.05, 3.63) is 76.1 Å². The van der Waals surface area contributed by atoms with Crippen molar-refractivity contribution in [3.8, 4) is 11.4 Å². The number of amides is 2. The number of anilines is 1. The van der Waals surface area contributed by atoms with Crippen LogP contribution in [-0.4, -0.2) is 88.5 Å². The van der Waals surface area contributed by atoms with Gasteiger partial charge in [-0.05, 0) is 57.9 Å². The second kappa shape index (κ2) is 12.3. The Morgan fingerprint density at radius 2 is 1.58 bits per heavy atom. The SMILES string of the molecule is COc1ccccc1N1CCN(C(=O)c2cnn(-c3ccc([N+](=O)[O-])cc3)c2C2CCN(C(=O)OC(C)(C)C)CC2)CC1. The summed E-state index contributed by atoms with van der Waals surface area (Å²) >= 11 is 0. The summed E-state index contributed by atoms with van der Waals surface area (Å²) in [6, 6.07) is 14.0. The van der Waals surface area contributed by atoms with Gasteiger partial charge in [-0.2, -0.15) is 5.10 Å². The van der Waals surface area contributed by atoms with Crippen LogP contribution in [-0.2, 0) is 4.74 Å². The quantitative estimate of drug-likeness (QED) is 0.294. The fourth-order valence-electron chi connectivity index (χ4n) is 5.71. The maximum atomic E-state index is 14.0. The number of rotatable bonds is 6. The van der Waals surface area contributed by atoms with Crippen molar-refractivity contribution >= 4 is 23.4 Å². The molecule has 2 fully saturated rings. The molecule has 43 heavy (non-hydrogen) atoms. The lowest BCUT2D eigenvalue weighted by Gasteiger charge is -2.37. The smallest absolute Gasteiger partial charge is 0.410 e. The Hall–Kier alpha value is -4.61. The molecule has 0 aliphatic carbocycles. The predicted octanol–water partition coefficient (Wildman–Crippen LogP) is 4.87. The maximum absolute atomic E-state index is 14.0. The highest BCUT2D eigenvalue weighted by Gasteiger charge is 2.34. The second-order valence-electron chi connectivity index (χ2n) is 11.8. The summed E-state index contributed by atoms with van der Waals surface area (Å²) in [6.07, 6.45) is 2.50. The molecule has 0 bridgehead atoms. The average Bonchev–Trinajstić information content (AvgIpc) is 3.45. The summed E-state index contributed by atoms with van der Waals surface area (Å²) in [4.78, 5) is 43.3. The van der Waals surface area contributed by atoms with Gasteiger partial charge in [0.05, 0.1) is 40.9 Å². The zero-order valence-corrected chi connectivity index (χ0v) is 25.1. The average molecular weight is 591 g/mol. The number of methoxy groups -OCH3 is 1. The van der Waals surface area contributed by atoms with Crippen molar-refractivity contribution in [2.75, 3.05) is 51.3 Å². The second-order valence-corrected chi connectivity index (χ2v) is 11.8. The number of piperazine rings is 1. The predicted molar refractivity (Wildman–Crippen MR) is 161 cm³/mol. The van der Waals surface area contributed by atoms with Crippen molar-refractivity contribution in [3.63, 3.8) is 0 Å². The molecule has 0 radical (unpaired) electrons. The lowest BCUT2D eigenvalue weighted by molar-refractivity contribution is -0.384. The Bertz CT molecular complexity index is 1460. The van der Waals surface area contributed by atoms with Gasteiger partial charge < -0.3 is 24.2 Å². The number of carbonyl (C=O) groups excluding carboxylic acids is 2. The van der Waals surface area contributed by atoms with Gasteiger partial charge in [0.1, 0.15) is 11.4 Å². The summed E-state index contributed by atoms with van der Waals surface area (Å²) in [6.45, 7) is 8.88. The molecule has 12 nitrogen and oxygen atoms in total. The van der Waals surface area contributed by atoms with Crippen LogP contribution in [0, 0.1) is 10.1 Å². The number of likely N-dealkylation sites (tertiary alicyclic amines) is 1. The fraction of sp³-hybridized carbons (Fsp3) is 0.452. The number of hydrogen-bond acceptors (Lipinski definition) is 8. The van der Waals surface area contributed by atoms with Gasteiger partial charge in [0.2, 0.25) is 0 Å². The van der Waals surface area contributed by atoms with Crippen LogP contribution in [0.15, 0.2) is 54.7 Å². The number of ether oxygens (including phenoxy) is 2. The normalized spacial score (nSPS) is 16.2. The molecule has 0 spiro atoms. The van der Waals surface area contributed by atoms with Crippen LogP contribution in [0.25, 0.3) is 5.69 Å². The minimum absolute atomic E-state index is 0.0210. The molecule has 2 saturated heterocycles. The van der Waals surface area contributed by atoms with Gasteiger partial charge in [-0.15, -0.1) is 0 Å². The highest BCUT2D eigenvalue weighted by atomic mass is 16.6. The van der Waals surface area contributed by atoms with Gasteiger partial charge in [0.15, 0.2) is 0 Å². The first-order valence-corrected chi connectivity index (χ1v) is 14.5. The van der Waals surface area contributed by atoms with Gasteiger partial charge in [-0.25, -0.2) is 9.48 Å². The van der Waals surface area contributed by atoms with Crippen LogP contribution in [0.3, 0.4) is 0 Å². The number of nitrogens with zero attached hydrogens (tertiary/aromatic N) is 6. The van der Waals surface area contributed by atoms with Crippen LogP contribution in [0.4, 0.5) is 16.2 Å². The van der Waals surface area contributed by atoms with Crippen LogP contribution < -0.4 is 9.64 Å².